The molecule has 0 saturated heterocycles. The first-order valence-corrected chi connectivity index (χ1v) is 6.32. The summed E-state index contributed by atoms with van der Waals surface area (Å²) < 4.78 is 10.7. The number of methoxy groups -OCH3 is 1. The van der Waals surface area contributed by atoms with Gasteiger partial charge in [0, 0.05) is 17.7 Å². The molecule has 2 aromatic rings. The number of rotatable bonds is 5. The minimum Gasteiger partial charge on any atom is -0.497 e. The quantitative estimate of drug-likeness (QED) is 0.472. The average molecular weight is 294 g/mol. The van der Waals surface area contributed by atoms with Crippen LogP contribution in [0.3, 0.4) is 0 Å². The van der Waals surface area contributed by atoms with Gasteiger partial charge >= 0.3 is 0 Å². The van der Waals surface area contributed by atoms with Gasteiger partial charge in [0.05, 0.1) is 17.9 Å². The molecule has 0 bridgehead atoms. The fourth-order valence-electron chi connectivity index (χ4n) is 1.71. The van der Waals surface area contributed by atoms with Crippen LogP contribution < -0.4 is 9.47 Å². The lowest BCUT2D eigenvalue weighted by molar-refractivity contribution is -0.385. The number of ether oxygens (including phenoxy) is 2. The van der Waals surface area contributed by atoms with Crippen LogP contribution in [0.15, 0.2) is 42.5 Å². The number of nitrogens with zero attached hydrogens (tertiary/aromatic N) is 1. The van der Waals surface area contributed by atoms with Gasteiger partial charge in [0.1, 0.15) is 17.2 Å². The van der Waals surface area contributed by atoms with Crippen LogP contribution in [0, 0.1) is 10.1 Å². The van der Waals surface area contributed by atoms with Gasteiger partial charge in [-0.15, -0.1) is 11.6 Å². The third kappa shape index (κ3) is 3.19. The van der Waals surface area contributed by atoms with E-state index in [-0.39, 0.29) is 11.6 Å². The van der Waals surface area contributed by atoms with Crippen LogP contribution in [0.25, 0.3) is 0 Å². The SMILES string of the molecule is COc1cccc(Oc2ccc([N+](=O)[O-])c(CCl)c2)c1. The molecule has 0 atom stereocenters. The van der Waals surface area contributed by atoms with Crippen LogP contribution in [0.2, 0.25) is 0 Å². The minimum absolute atomic E-state index is 0.0157. The third-order valence-corrected chi connectivity index (χ3v) is 2.96. The highest BCUT2D eigenvalue weighted by Gasteiger charge is 2.14. The van der Waals surface area contributed by atoms with Crippen LogP contribution >= 0.6 is 11.6 Å². The van der Waals surface area contributed by atoms with E-state index in [0.717, 1.165) is 0 Å². The van der Waals surface area contributed by atoms with E-state index < -0.39 is 4.92 Å². The molecule has 2 aromatic carbocycles. The van der Waals surface area contributed by atoms with Gasteiger partial charge < -0.3 is 9.47 Å². The van der Waals surface area contributed by atoms with E-state index in [4.69, 9.17) is 21.1 Å². The van der Waals surface area contributed by atoms with Gasteiger partial charge in [0.15, 0.2) is 0 Å². The number of halogens is 1. The number of hydrogen-bond acceptors (Lipinski definition) is 4. The van der Waals surface area contributed by atoms with Gasteiger partial charge in [-0.05, 0) is 24.3 Å². The first-order valence-electron chi connectivity index (χ1n) is 5.79. The van der Waals surface area contributed by atoms with E-state index in [1.807, 2.05) is 0 Å². The van der Waals surface area contributed by atoms with Gasteiger partial charge in [0.2, 0.25) is 0 Å². The molecule has 0 fully saturated rings. The number of benzene rings is 2. The van der Waals surface area contributed by atoms with Gasteiger partial charge in [-0.2, -0.15) is 0 Å². The van der Waals surface area contributed by atoms with Crippen molar-refractivity contribution < 1.29 is 14.4 Å². The molecule has 0 spiro atoms. The maximum atomic E-state index is 10.8. The van der Waals surface area contributed by atoms with E-state index in [9.17, 15) is 10.1 Å². The summed E-state index contributed by atoms with van der Waals surface area (Å²) in [6, 6.07) is 11.6. The lowest BCUT2D eigenvalue weighted by Crippen LogP contribution is -1.94. The zero-order valence-electron chi connectivity index (χ0n) is 10.7. The minimum atomic E-state index is -0.465. The molecule has 0 aliphatic heterocycles. The van der Waals surface area contributed by atoms with Crippen molar-refractivity contribution in [3.63, 3.8) is 0 Å². The standard InChI is InChI=1S/C14H12ClNO4/c1-19-11-3-2-4-12(8-11)20-13-5-6-14(16(17)18)10(7-13)9-15/h2-8H,9H2,1H3. The molecule has 0 aliphatic rings. The van der Waals surface area contributed by atoms with Crippen molar-refractivity contribution in [3.8, 4) is 17.2 Å². The van der Waals surface area contributed by atoms with Crippen LogP contribution in [0.5, 0.6) is 17.2 Å². The van der Waals surface area contributed by atoms with Gasteiger partial charge in [-0.1, -0.05) is 6.07 Å². The summed E-state index contributed by atoms with van der Waals surface area (Å²) >= 11 is 5.72. The molecule has 5 nitrogen and oxygen atoms in total. The van der Waals surface area contributed by atoms with Crippen LogP contribution in [-0.4, -0.2) is 12.0 Å². The number of alkyl halides is 1. The second-order valence-corrected chi connectivity index (χ2v) is 4.23. The van der Waals surface area contributed by atoms with Crippen LogP contribution in [-0.2, 0) is 5.88 Å². The lowest BCUT2D eigenvalue weighted by atomic mass is 10.2. The molecule has 20 heavy (non-hydrogen) atoms. The summed E-state index contributed by atoms with van der Waals surface area (Å²) in [7, 11) is 1.57. The largest absolute Gasteiger partial charge is 0.497 e. The number of hydrogen-bond donors (Lipinski definition) is 0. The molecular weight excluding hydrogens is 282 g/mol. The maximum absolute atomic E-state index is 10.8. The van der Waals surface area contributed by atoms with E-state index in [1.54, 1.807) is 37.4 Å². The van der Waals surface area contributed by atoms with Crippen LogP contribution in [0.1, 0.15) is 5.56 Å². The molecule has 2 rings (SSSR count). The molecule has 0 N–H and O–H groups in total. The predicted octanol–water partition coefficient (Wildman–Crippen LogP) is 4.13. The first kappa shape index (κ1) is 14.1. The molecule has 0 aliphatic carbocycles. The summed E-state index contributed by atoms with van der Waals surface area (Å²) in [5, 5.41) is 10.8. The second kappa shape index (κ2) is 6.25. The summed E-state index contributed by atoms with van der Waals surface area (Å²) in [4.78, 5) is 10.4. The molecule has 0 aromatic heterocycles. The molecular formula is C14H12ClNO4. The molecule has 6 heteroatoms. The average Bonchev–Trinajstić information content (AvgIpc) is 2.47. The normalized spacial score (nSPS) is 10.1. The molecule has 0 unspecified atom stereocenters. The van der Waals surface area contributed by atoms with Crippen LogP contribution in [0.4, 0.5) is 5.69 Å². The zero-order chi connectivity index (χ0) is 14.5. The second-order valence-electron chi connectivity index (χ2n) is 3.96. The fraction of sp³-hybridized carbons (Fsp3) is 0.143. The Labute approximate surface area is 120 Å². The van der Waals surface area contributed by atoms with Crippen molar-refractivity contribution in [1.82, 2.24) is 0 Å². The first-order chi connectivity index (χ1) is 9.63. The van der Waals surface area contributed by atoms with Gasteiger partial charge in [0.25, 0.3) is 5.69 Å². The maximum Gasteiger partial charge on any atom is 0.274 e. The Morgan fingerprint density at radius 2 is 1.85 bits per heavy atom. The molecule has 0 amide bonds. The Morgan fingerprint density at radius 1 is 1.15 bits per heavy atom. The van der Waals surface area contributed by atoms with E-state index in [2.05, 4.69) is 0 Å². The zero-order valence-corrected chi connectivity index (χ0v) is 11.5. The highest BCUT2D eigenvalue weighted by molar-refractivity contribution is 6.17. The highest BCUT2D eigenvalue weighted by atomic mass is 35.5. The Hall–Kier alpha value is -2.27. The summed E-state index contributed by atoms with van der Waals surface area (Å²) in [6.07, 6.45) is 0. The van der Waals surface area contributed by atoms with Crippen molar-refractivity contribution in [3.05, 3.63) is 58.1 Å². The van der Waals surface area contributed by atoms with Crippen molar-refractivity contribution in [1.29, 1.82) is 0 Å². The smallest absolute Gasteiger partial charge is 0.274 e. The summed E-state index contributed by atoms with van der Waals surface area (Å²) in [5.41, 5.74) is 0.398. The van der Waals surface area contributed by atoms with Gasteiger partial charge in [-0.25, -0.2) is 0 Å². The Balaban J connectivity index is 2.27. The van der Waals surface area contributed by atoms with E-state index in [0.29, 0.717) is 22.8 Å². The van der Waals surface area contributed by atoms with Crippen molar-refractivity contribution in [2.24, 2.45) is 0 Å². The van der Waals surface area contributed by atoms with Crippen molar-refractivity contribution >= 4 is 17.3 Å². The number of nitro benzene ring substituents is 1. The van der Waals surface area contributed by atoms with Crippen molar-refractivity contribution in [2.75, 3.05) is 7.11 Å². The molecule has 104 valence electrons. The summed E-state index contributed by atoms with van der Waals surface area (Å²) in [5.74, 6) is 1.78. The van der Waals surface area contributed by atoms with Gasteiger partial charge in [-0.3, -0.25) is 10.1 Å². The lowest BCUT2D eigenvalue weighted by Gasteiger charge is -2.08. The molecule has 0 heterocycles. The highest BCUT2D eigenvalue weighted by Crippen LogP contribution is 2.30. The van der Waals surface area contributed by atoms with E-state index in [1.165, 1.54) is 12.1 Å². The van der Waals surface area contributed by atoms with E-state index >= 15 is 0 Å². The molecule has 0 radical (unpaired) electrons. The topological polar surface area (TPSA) is 61.6 Å². The fourth-order valence-corrected chi connectivity index (χ4v) is 1.93. The number of nitro groups is 1. The Morgan fingerprint density at radius 3 is 2.50 bits per heavy atom. The van der Waals surface area contributed by atoms with Crippen molar-refractivity contribution in [2.45, 2.75) is 5.88 Å². The summed E-state index contributed by atoms with van der Waals surface area (Å²) in [6.45, 7) is 0. The monoisotopic (exact) mass is 293 g/mol. The molecule has 0 saturated carbocycles. The Bertz CT molecular complexity index is 630. The Kier molecular flexibility index (Phi) is 4.42. The predicted molar refractivity (Wildman–Crippen MR) is 75.7 cm³/mol. The third-order valence-electron chi connectivity index (χ3n) is 2.67.